The first-order valence-corrected chi connectivity index (χ1v) is 8.47. The Morgan fingerprint density at radius 1 is 1.23 bits per heavy atom. The van der Waals surface area contributed by atoms with E-state index in [1.807, 2.05) is 6.92 Å². The molecule has 0 amide bonds. The maximum Gasteiger partial charge on any atom is 0.214 e. The molecule has 0 spiro atoms. The largest absolute Gasteiger partial charge is 0.505 e. The molecule has 2 aromatic rings. The number of rotatable bonds is 4. The van der Waals surface area contributed by atoms with Crippen molar-refractivity contribution in [1.29, 1.82) is 10.5 Å². The van der Waals surface area contributed by atoms with E-state index in [4.69, 9.17) is 28.5 Å². The minimum absolute atomic E-state index is 0.0547. The van der Waals surface area contributed by atoms with E-state index in [2.05, 4.69) is 21.7 Å². The molecule has 26 heavy (non-hydrogen) atoms. The Morgan fingerprint density at radius 2 is 2.00 bits per heavy atom. The highest BCUT2D eigenvalue weighted by atomic mass is 35.5. The van der Waals surface area contributed by atoms with Crippen LogP contribution in [0.15, 0.2) is 35.3 Å². The van der Waals surface area contributed by atoms with Gasteiger partial charge in [-0.3, -0.25) is 5.32 Å². The van der Waals surface area contributed by atoms with Crippen LogP contribution in [0.1, 0.15) is 24.5 Å². The number of aromatic hydroxyl groups is 1. The quantitative estimate of drug-likeness (QED) is 0.232. The lowest BCUT2D eigenvalue weighted by Gasteiger charge is -2.14. The van der Waals surface area contributed by atoms with Gasteiger partial charge in [-0.2, -0.15) is 10.5 Å². The number of nitriles is 2. The van der Waals surface area contributed by atoms with Gasteiger partial charge in [0.25, 0.3) is 0 Å². The van der Waals surface area contributed by atoms with Gasteiger partial charge in [-0.15, -0.1) is 0 Å². The molecule has 0 aliphatic rings. The molecule has 3 N–H and O–H groups in total. The first-order valence-electron chi connectivity index (χ1n) is 7.71. The van der Waals surface area contributed by atoms with Crippen LogP contribution in [0, 0.1) is 22.8 Å². The molecule has 6 nitrogen and oxygen atoms in total. The molecule has 8 heteroatoms. The minimum Gasteiger partial charge on any atom is -0.505 e. The lowest BCUT2D eigenvalue weighted by atomic mass is 10.0. The van der Waals surface area contributed by atoms with E-state index in [9.17, 15) is 10.4 Å². The molecule has 0 bridgehead atoms. The zero-order chi connectivity index (χ0) is 19.1. The number of nitrogens with one attached hydrogen (secondary N) is 2. The SMILES string of the molecule is CCCc1c(C#N)ccc(NC(=Nc2cccc(Cl)c2Cl)NC#N)c1O. The standard InChI is InChI=1S/C18H15Cl2N5O/c1-2-4-12-11(9-21)7-8-15(17(12)26)25-18(23-10-22)24-14-6-3-5-13(19)16(14)20/h3,5-8,26H,2,4H2,1H3,(H2,23,24,25). The molecule has 0 aliphatic heterocycles. The van der Waals surface area contributed by atoms with Gasteiger partial charge in [-0.05, 0) is 30.7 Å². The van der Waals surface area contributed by atoms with Crippen LogP contribution in [0.3, 0.4) is 0 Å². The van der Waals surface area contributed by atoms with Crippen LogP contribution in [0.2, 0.25) is 10.0 Å². The van der Waals surface area contributed by atoms with E-state index < -0.39 is 0 Å². The predicted molar refractivity (Wildman–Crippen MR) is 103 cm³/mol. The van der Waals surface area contributed by atoms with Crippen LogP contribution >= 0.6 is 23.2 Å². The molecule has 2 aromatic carbocycles. The van der Waals surface area contributed by atoms with Crippen LogP contribution in [0.4, 0.5) is 11.4 Å². The van der Waals surface area contributed by atoms with Crippen LogP contribution in [-0.2, 0) is 6.42 Å². The predicted octanol–water partition coefficient (Wildman–Crippen LogP) is 4.69. The fourth-order valence-corrected chi connectivity index (χ4v) is 2.65. The van der Waals surface area contributed by atoms with Gasteiger partial charge in [0.2, 0.25) is 5.96 Å². The molecule has 0 aliphatic carbocycles. The second-order valence-electron chi connectivity index (χ2n) is 5.24. The summed E-state index contributed by atoms with van der Waals surface area (Å²) in [6, 6.07) is 10.1. The van der Waals surface area contributed by atoms with Crippen molar-refractivity contribution in [1.82, 2.24) is 5.32 Å². The summed E-state index contributed by atoms with van der Waals surface area (Å²) in [6.45, 7) is 1.95. The maximum absolute atomic E-state index is 10.5. The second kappa shape index (κ2) is 8.96. The van der Waals surface area contributed by atoms with Gasteiger partial charge in [0, 0.05) is 5.56 Å². The third kappa shape index (κ3) is 4.37. The van der Waals surface area contributed by atoms with E-state index in [0.29, 0.717) is 33.9 Å². The van der Waals surface area contributed by atoms with E-state index >= 15 is 0 Å². The van der Waals surface area contributed by atoms with Gasteiger partial charge in [-0.25, -0.2) is 4.99 Å². The summed E-state index contributed by atoms with van der Waals surface area (Å²) in [6.07, 6.45) is 3.08. The van der Waals surface area contributed by atoms with Gasteiger partial charge in [0.05, 0.1) is 33.1 Å². The van der Waals surface area contributed by atoms with Gasteiger partial charge in [0.1, 0.15) is 5.75 Å². The fraction of sp³-hybridized carbons (Fsp3) is 0.167. The summed E-state index contributed by atoms with van der Waals surface area (Å²) in [5.74, 6) is -0.00495. The zero-order valence-electron chi connectivity index (χ0n) is 13.8. The summed E-state index contributed by atoms with van der Waals surface area (Å²) in [5, 5.41) is 34.5. The Hall–Kier alpha value is -2.93. The van der Waals surface area contributed by atoms with E-state index in [-0.39, 0.29) is 16.7 Å². The summed E-state index contributed by atoms with van der Waals surface area (Å²) in [7, 11) is 0. The van der Waals surface area contributed by atoms with Gasteiger partial charge < -0.3 is 10.4 Å². The van der Waals surface area contributed by atoms with Crippen LogP contribution in [0.5, 0.6) is 5.75 Å². The first kappa shape index (κ1) is 19.4. The summed E-state index contributed by atoms with van der Waals surface area (Å²) < 4.78 is 0. The Morgan fingerprint density at radius 3 is 2.65 bits per heavy atom. The lowest BCUT2D eigenvalue weighted by Crippen LogP contribution is -2.26. The maximum atomic E-state index is 10.5. The topological polar surface area (TPSA) is 104 Å². The number of anilines is 1. The van der Waals surface area contributed by atoms with Crippen molar-refractivity contribution in [2.24, 2.45) is 4.99 Å². The number of hydrogen-bond acceptors (Lipinski definition) is 4. The molecule has 0 fully saturated rings. The summed E-state index contributed by atoms with van der Waals surface area (Å²) in [5.41, 5.74) is 1.61. The zero-order valence-corrected chi connectivity index (χ0v) is 15.4. The van der Waals surface area contributed by atoms with Gasteiger partial charge >= 0.3 is 0 Å². The number of guanidine groups is 1. The smallest absolute Gasteiger partial charge is 0.214 e. The van der Waals surface area contributed by atoms with Crippen LogP contribution < -0.4 is 10.6 Å². The number of phenols is 1. The van der Waals surface area contributed by atoms with Crippen LogP contribution in [0.25, 0.3) is 0 Å². The molecule has 0 unspecified atom stereocenters. The van der Waals surface area contributed by atoms with Crippen molar-refractivity contribution < 1.29 is 5.11 Å². The Labute approximate surface area is 161 Å². The third-order valence-corrected chi connectivity index (χ3v) is 4.30. The van der Waals surface area contributed by atoms with Crippen molar-refractivity contribution >= 4 is 40.5 Å². The highest BCUT2D eigenvalue weighted by molar-refractivity contribution is 6.43. The molecule has 0 aromatic heterocycles. The highest BCUT2D eigenvalue weighted by Crippen LogP contribution is 2.33. The number of phenolic OH excluding ortho intramolecular Hbond substituents is 1. The molecule has 0 heterocycles. The van der Waals surface area contributed by atoms with E-state index in [1.54, 1.807) is 36.5 Å². The van der Waals surface area contributed by atoms with Gasteiger partial charge in [-0.1, -0.05) is 42.6 Å². The van der Waals surface area contributed by atoms with Crippen molar-refractivity contribution in [2.75, 3.05) is 5.32 Å². The van der Waals surface area contributed by atoms with E-state index in [1.165, 1.54) is 0 Å². The average molecular weight is 388 g/mol. The molecule has 0 saturated heterocycles. The molecular formula is C18H15Cl2N5O. The van der Waals surface area contributed by atoms with E-state index in [0.717, 1.165) is 6.42 Å². The lowest BCUT2D eigenvalue weighted by molar-refractivity contribution is 0.470. The van der Waals surface area contributed by atoms with Crippen molar-refractivity contribution in [3.63, 3.8) is 0 Å². The second-order valence-corrected chi connectivity index (χ2v) is 6.03. The molecule has 0 saturated carbocycles. The number of hydrogen-bond donors (Lipinski definition) is 3. The average Bonchev–Trinajstić information content (AvgIpc) is 2.62. The fourth-order valence-electron chi connectivity index (χ4n) is 2.31. The molecule has 2 rings (SSSR count). The van der Waals surface area contributed by atoms with Crippen LogP contribution in [-0.4, -0.2) is 11.1 Å². The summed E-state index contributed by atoms with van der Waals surface area (Å²) >= 11 is 12.1. The Kier molecular flexibility index (Phi) is 6.68. The Balaban J connectivity index is 2.44. The van der Waals surface area contributed by atoms with Crippen molar-refractivity contribution in [3.05, 3.63) is 51.5 Å². The molecule has 0 radical (unpaired) electrons. The normalized spacial score (nSPS) is 10.7. The number of benzene rings is 2. The monoisotopic (exact) mass is 387 g/mol. The highest BCUT2D eigenvalue weighted by Gasteiger charge is 2.14. The number of nitrogens with zero attached hydrogens (tertiary/aromatic N) is 3. The van der Waals surface area contributed by atoms with Crippen molar-refractivity contribution in [2.45, 2.75) is 19.8 Å². The summed E-state index contributed by atoms with van der Waals surface area (Å²) in [4.78, 5) is 4.24. The van der Waals surface area contributed by atoms with Crippen molar-refractivity contribution in [3.8, 4) is 18.0 Å². The minimum atomic E-state index is -0.0597. The molecule has 0 atom stereocenters. The van der Waals surface area contributed by atoms with Gasteiger partial charge in [0.15, 0.2) is 6.19 Å². The third-order valence-electron chi connectivity index (χ3n) is 3.49. The Bertz CT molecular complexity index is 928. The molecule has 132 valence electrons. The number of halogens is 2. The molecular weight excluding hydrogens is 373 g/mol. The first-order chi connectivity index (χ1) is 12.5. The number of aliphatic imine (C=N–C) groups is 1.